The van der Waals surface area contributed by atoms with Gasteiger partial charge in [-0.15, -0.1) is 0 Å². The fourth-order valence-electron chi connectivity index (χ4n) is 4.07. The van der Waals surface area contributed by atoms with Gasteiger partial charge in [0.05, 0.1) is 6.04 Å². The summed E-state index contributed by atoms with van der Waals surface area (Å²) in [6, 6.07) is 27.1. The van der Waals surface area contributed by atoms with E-state index in [1.807, 2.05) is 73.7 Å². The largest absolute Gasteiger partial charge is 0.337 e. The maximum Gasteiger partial charge on any atom is 0.326 e. The number of urea groups is 1. The molecule has 32 heavy (non-hydrogen) atoms. The van der Waals surface area contributed by atoms with Gasteiger partial charge < -0.3 is 10.2 Å². The van der Waals surface area contributed by atoms with E-state index in [1.54, 1.807) is 36.2 Å². The molecule has 0 saturated carbocycles. The van der Waals surface area contributed by atoms with E-state index in [2.05, 4.69) is 5.32 Å². The molecule has 1 fully saturated rings. The molecule has 1 heterocycles. The Morgan fingerprint density at radius 3 is 1.84 bits per heavy atom. The summed E-state index contributed by atoms with van der Waals surface area (Å²) in [5, 5.41) is 2.87. The molecule has 1 aliphatic heterocycles. The lowest BCUT2D eigenvalue weighted by atomic mass is 9.82. The predicted molar refractivity (Wildman–Crippen MR) is 122 cm³/mol. The van der Waals surface area contributed by atoms with Crippen LogP contribution in [-0.2, 0) is 15.1 Å². The van der Waals surface area contributed by atoms with Crippen LogP contribution in [0.3, 0.4) is 0 Å². The van der Waals surface area contributed by atoms with Crippen LogP contribution in [0.2, 0.25) is 0 Å². The zero-order valence-electron chi connectivity index (χ0n) is 18.1. The molecule has 0 radical (unpaired) electrons. The molecule has 1 aliphatic rings. The highest BCUT2D eigenvalue weighted by Gasteiger charge is 2.54. The quantitative estimate of drug-likeness (QED) is 0.610. The number of rotatable bonds is 6. The van der Waals surface area contributed by atoms with Crippen LogP contribution < -0.4 is 5.32 Å². The molecule has 6 nitrogen and oxygen atoms in total. The van der Waals surface area contributed by atoms with Gasteiger partial charge in [0.2, 0.25) is 5.91 Å². The van der Waals surface area contributed by atoms with Crippen molar-refractivity contribution in [2.45, 2.75) is 18.5 Å². The van der Waals surface area contributed by atoms with E-state index in [0.717, 1.165) is 10.5 Å². The van der Waals surface area contributed by atoms with Gasteiger partial charge in [0, 0.05) is 7.05 Å². The van der Waals surface area contributed by atoms with Crippen LogP contribution >= 0.6 is 0 Å². The number of carbonyl (C=O) groups is 3. The molecule has 6 heteroatoms. The summed E-state index contributed by atoms with van der Waals surface area (Å²) in [5.41, 5.74) is 0.892. The number of nitrogens with zero attached hydrogens (tertiary/aromatic N) is 2. The van der Waals surface area contributed by atoms with Crippen LogP contribution in [0, 0.1) is 0 Å². The molecular formula is C26H25N3O3. The van der Waals surface area contributed by atoms with E-state index >= 15 is 0 Å². The molecule has 1 saturated heterocycles. The zero-order valence-corrected chi connectivity index (χ0v) is 18.1. The van der Waals surface area contributed by atoms with Crippen molar-refractivity contribution in [2.75, 3.05) is 13.6 Å². The number of nitrogens with one attached hydrogen (secondary N) is 1. The highest BCUT2D eigenvalue weighted by molar-refractivity contribution is 6.11. The fraction of sp³-hybridized carbons (Fsp3) is 0.192. The SMILES string of the molecule is CC(c1ccccc1)N(C)C(=O)CN1C(=O)NC(c2ccccc2)(c2ccccc2)C1=O. The summed E-state index contributed by atoms with van der Waals surface area (Å²) in [6.45, 7) is 1.58. The van der Waals surface area contributed by atoms with E-state index in [0.29, 0.717) is 11.1 Å². The van der Waals surface area contributed by atoms with Crippen LogP contribution in [0.1, 0.15) is 29.7 Å². The van der Waals surface area contributed by atoms with Gasteiger partial charge in [0.25, 0.3) is 5.91 Å². The highest BCUT2D eigenvalue weighted by atomic mass is 16.2. The second kappa shape index (κ2) is 8.67. The normalized spacial score (nSPS) is 15.9. The van der Waals surface area contributed by atoms with Gasteiger partial charge in [0.15, 0.2) is 5.54 Å². The van der Waals surface area contributed by atoms with Crippen molar-refractivity contribution in [3.8, 4) is 0 Å². The van der Waals surface area contributed by atoms with Crippen molar-refractivity contribution >= 4 is 17.8 Å². The van der Waals surface area contributed by atoms with Crippen molar-refractivity contribution in [1.29, 1.82) is 0 Å². The average molecular weight is 428 g/mol. The van der Waals surface area contributed by atoms with Crippen molar-refractivity contribution in [2.24, 2.45) is 0 Å². The van der Waals surface area contributed by atoms with E-state index in [1.165, 1.54) is 0 Å². The second-order valence-electron chi connectivity index (χ2n) is 7.89. The minimum absolute atomic E-state index is 0.197. The Morgan fingerprint density at radius 1 is 0.875 bits per heavy atom. The highest BCUT2D eigenvalue weighted by Crippen LogP contribution is 2.36. The number of hydrogen-bond acceptors (Lipinski definition) is 3. The maximum absolute atomic E-state index is 13.7. The van der Waals surface area contributed by atoms with Gasteiger partial charge in [-0.05, 0) is 23.6 Å². The number of benzene rings is 3. The monoisotopic (exact) mass is 427 g/mol. The molecule has 0 aromatic heterocycles. The molecule has 162 valence electrons. The minimum Gasteiger partial charge on any atom is -0.337 e. The first kappa shape index (κ1) is 21.3. The Hall–Kier alpha value is -3.93. The van der Waals surface area contributed by atoms with E-state index in [-0.39, 0.29) is 18.5 Å². The first-order chi connectivity index (χ1) is 15.4. The molecule has 1 unspecified atom stereocenters. The van der Waals surface area contributed by atoms with Crippen LogP contribution in [0.5, 0.6) is 0 Å². The van der Waals surface area contributed by atoms with Crippen LogP contribution in [0.4, 0.5) is 4.79 Å². The van der Waals surface area contributed by atoms with Crippen LogP contribution in [0.25, 0.3) is 0 Å². The molecule has 4 rings (SSSR count). The molecule has 1 atom stereocenters. The third-order valence-electron chi connectivity index (χ3n) is 6.07. The molecule has 1 N–H and O–H groups in total. The van der Waals surface area contributed by atoms with Gasteiger partial charge in [-0.2, -0.15) is 0 Å². The number of hydrogen-bond donors (Lipinski definition) is 1. The summed E-state index contributed by atoms with van der Waals surface area (Å²) >= 11 is 0. The maximum atomic E-state index is 13.7. The second-order valence-corrected chi connectivity index (χ2v) is 7.89. The smallest absolute Gasteiger partial charge is 0.326 e. The first-order valence-electron chi connectivity index (χ1n) is 10.5. The molecule has 0 bridgehead atoms. The molecule has 0 spiro atoms. The van der Waals surface area contributed by atoms with Gasteiger partial charge in [-0.1, -0.05) is 91.0 Å². The van der Waals surface area contributed by atoms with E-state index in [9.17, 15) is 14.4 Å². The lowest BCUT2D eigenvalue weighted by Crippen LogP contribution is -2.46. The Bertz CT molecular complexity index is 1080. The third kappa shape index (κ3) is 3.64. The Balaban J connectivity index is 1.63. The first-order valence-corrected chi connectivity index (χ1v) is 10.5. The lowest BCUT2D eigenvalue weighted by Gasteiger charge is -2.29. The Morgan fingerprint density at radius 2 is 1.34 bits per heavy atom. The number of likely N-dealkylation sites (N-methyl/N-ethyl adjacent to an activating group) is 1. The molecule has 3 aromatic carbocycles. The van der Waals surface area contributed by atoms with Gasteiger partial charge in [-0.3, -0.25) is 14.5 Å². The standard InChI is InChI=1S/C26H25N3O3/c1-19(20-12-6-3-7-13-20)28(2)23(30)18-29-24(31)26(27-25(29)32,21-14-8-4-9-15-21)22-16-10-5-11-17-22/h3-17,19H,18H2,1-2H3,(H,27,32). The van der Waals surface area contributed by atoms with Crippen molar-refractivity contribution in [3.05, 3.63) is 108 Å². The summed E-state index contributed by atoms with van der Waals surface area (Å²) in [4.78, 5) is 42.3. The van der Waals surface area contributed by atoms with Crippen LogP contribution in [0.15, 0.2) is 91.0 Å². The van der Waals surface area contributed by atoms with Gasteiger partial charge in [0.1, 0.15) is 6.54 Å². The number of amides is 4. The number of carbonyl (C=O) groups excluding carboxylic acids is 3. The lowest BCUT2D eigenvalue weighted by molar-refractivity contribution is -0.138. The summed E-state index contributed by atoms with van der Waals surface area (Å²) in [5.74, 6) is -0.782. The zero-order chi connectivity index (χ0) is 22.7. The van der Waals surface area contributed by atoms with E-state index < -0.39 is 17.5 Å². The predicted octanol–water partition coefficient (Wildman–Crippen LogP) is 3.70. The van der Waals surface area contributed by atoms with Gasteiger partial charge in [-0.25, -0.2) is 4.79 Å². The topological polar surface area (TPSA) is 69.7 Å². The van der Waals surface area contributed by atoms with Crippen molar-refractivity contribution in [3.63, 3.8) is 0 Å². The minimum atomic E-state index is -1.37. The molecule has 0 aliphatic carbocycles. The summed E-state index contributed by atoms with van der Waals surface area (Å²) in [7, 11) is 1.68. The van der Waals surface area contributed by atoms with Gasteiger partial charge >= 0.3 is 6.03 Å². The Labute approximate surface area is 187 Å². The van der Waals surface area contributed by atoms with Crippen molar-refractivity contribution < 1.29 is 14.4 Å². The van der Waals surface area contributed by atoms with Crippen LogP contribution in [-0.4, -0.2) is 41.2 Å². The van der Waals surface area contributed by atoms with E-state index in [4.69, 9.17) is 0 Å². The summed E-state index contributed by atoms with van der Waals surface area (Å²) in [6.07, 6.45) is 0. The Kier molecular flexibility index (Phi) is 5.77. The summed E-state index contributed by atoms with van der Waals surface area (Å²) < 4.78 is 0. The average Bonchev–Trinajstić information content (AvgIpc) is 3.10. The number of imide groups is 1. The molecular weight excluding hydrogens is 402 g/mol. The fourth-order valence-corrected chi connectivity index (χ4v) is 4.07. The molecule has 4 amide bonds. The molecule has 3 aromatic rings. The van der Waals surface area contributed by atoms with Crippen molar-refractivity contribution in [1.82, 2.24) is 15.1 Å². The third-order valence-corrected chi connectivity index (χ3v) is 6.07.